The van der Waals surface area contributed by atoms with Crippen LogP contribution in [0.3, 0.4) is 0 Å². The second kappa shape index (κ2) is 6.69. The fraction of sp³-hybridized carbons (Fsp3) is 0.611. The minimum atomic E-state index is -4.07. The Labute approximate surface area is 155 Å². The molecule has 0 aromatic carbocycles. The van der Waals surface area contributed by atoms with Gasteiger partial charge in [0.25, 0.3) is 0 Å². The third kappa shape index (κ3) is 3.46. The van der Waals surface area contributed by atoms with Crippen molar-refractivity contribution in [1.29, 1.82) is 0 Å². The molecule has 1 saturated carbocycles. The number of nitrogens with zero attached hydrogens (tertiary/aromatic N) is 5. The van der Waals surface area contributed by atoms with E-state index in [2.05, 4.69) is 19.8 Å². The normalized spacial score (nSPS) is 22.9. The van der Waals surface area contributed by atoms with E-state index in [1.807, 2.05) is 4.90 Å². The lowest BCUT2D eigenvalue weighted by Crippen LogP contribution is -2.64. The quantitative estimate of drug-likeness (QED) is 0.588. The first-order valence-electron chi connectivity index (χ1n) is 9.14. The molecule has 6 nitrogen and oxygen atoms in total. The highest BCUT2D eigenvalue weighted by atomic mass is 19.4. The van der Waals surface area contributed by atoms with Crippen molar-refractivity contribution in [1.82, 2.24) is 14.9 Å². The van der Waals surface area contributed by atoms with Gasteiger partial charge in [-0.3, -0.25) is 4.79 Å². The second-order valence-electron chi connectivity index (χ2n) is 7.71. The summed E-state index contributed by atoms with van der Waals surface area (Å²) in [5.41, 5.74) is -0.201. The van der Waals surface area contributed by atoms with Gasteiger partial charge in [-0.1, -0.05) is 0 Å². The zero-order valence-corrected chi connectivity index (χ0v) is 14.9. The molecule has 0 N–H and O–H groups in total. The Kier molecular flexibility index (Phi) is 4.47. The summed E-state index contributed by atoms with van der Waals surface area (Å²) in [4.78, 5) is 25.7. The second-order valence-corrected chi connectivity index (χ2v) is 7.71. The van der Waals surface area contributed by atoms with E-state index in [0.717, 1.165) is 44.1 Å². The number of alkyl halides is 3. The van der Waals surface area contributed by atoms with Gasteiger partial charge in [-0.05, 0) is 18.9 Å². The minimum Gasteiger partial charge on any atom is -0.374 e. The molecule has 2 saturated heterocycles. The Hall–Kier alpha value is -2.32. The van der Waals surface area contributed by atoms with Crippen LogP contribution in [0.2, 0.25) is 0 Å². The standard InChI is InChI=1S/C18H22F3N5O/c19-18(20,21)14-10-17(11-14)12-26(13-17)16-15(22-2-3-23-16)25-7-5-24(6-8-25)4-1-9-27/h1-4,9,14H,5-8,10-13H2. The minimum absolute atomic E-state index is 0.201. The lowest BCUT2D eigenvalue weighted by Gasteiger charge is -2.59. The molecule has 0 radical (unpaired) electrons. The molecule has 4 rings (SSSR count). The van der Waals surface area contributed by atoms with Gasteiger partial charge in [-0.2, -0.15) is 13.2 Å². The SMILES string of the molecule is O=CC=CN1CCN(c2nccnc2N2CC3(CC(C(F)(F)F)C3)C2)CC1. The number of aldehydes is 1. The first-order chi connectivity index (χ1) is 12.9. The van der Waals surface area contributed by atoms with Crippen molar-refractivity contribution in [3.05, 3.63) is 24.7 Å². The van der Waals surface area contributed by atoms with Crippen LogP contribution in [0.5, 0.6) is 0 Å². The van der Waals surface area contributed by atoms with Crippen LogP contribution in [0.15, 0.2) is 24.7 Å². The molecule has 3 aliphatic rings. The van der Waals surface area contributed by atoms with Crippen molar-refractivity contribution in [2.24, 2.45) is 11.3 Å². The molecule has 0 unspecified atom stereocenters. The van der Waals surface area contributed by atoms with Gasteiger partial charge in [0.15, 0.2) is 11.6 Å². The number of piperazine rings is 1. The molecule has 3 fully saturated rings. The summed E-state index contributed by atoms with van der Waals surface area (Å²) in [5, 5.41) is 0. The number of carbonyl (C=O) groups is 1. The van der Waals surface area contributed by atoms with E-state index < -0.39 is 12.1 Å². The third-order valence-corrected chi connectivity index (χ3v) is 5.82. The molecule has 1 aliphatic carbocycles. The van der Waals surface area contributed by atoms with Crippen LogP contribution in [0.25, 0.3) is 0 Å². The van der Waals surface area contributed by atoms with Gasteiger partial charge in [0.1, 0.15) is 6.29 Å². The highest BCUT2D eigenvalue weighted by Crippen LogP contribution is 2.57. The number of aromatic nitrogens is 2. The lowest BCUT2D eigenvalue weighted by molar-refractivity contribution is -0.225. The number of anilines is 2. The number of hydrogen-bond donors (Lipinski definition) is 0. The largest absolute Gasteiger partial charge is 0.391 e. The van der Waals surface area contributed by atoms with Crippen LogP contribution in [-0.4, -0.2) is 66.6 Å². The van der Waals surface area contributed by atoms with Crippen LogP contribution < -0.4 is 9.80 Å². The smallest absolute Gasteiger partial charge is 0.374 e. The summed E-state index contributed by atoms with van der Waals surface area (Å²) < 4.78 is 38.3. The molecule has 1 aromatic heterocycles. The monoisotopic (exact) mass is 381 g/mol. The molecule has 0 amide bonds. The third-order valence-electron chi connectivity index (χ3n) is 5.82. The van der Waals surface area contributed by atoms with Crippen molar-refractivity contribution in [2.75, 3.05) is 49.1 Å². The van der Waals surface area contributed by atoms with Crippen molar-refractivity contribution >= 4 is 17.9 Å². The van der Waals surface area contributed by atoms with Gasteiger partial charge in [0, 0.05) is 63.3 Å². The fourth-order valence-corrected chi connectivity index (χ4v) is 4.40. The molecule has 0 bridgehead atoms. The van der Waals surface area contributed by atoms with E-state index in [1.54, 1.807) is 18.6 Å². The predicted molar refractivity (Wildman–Crippen MR) is 94.4 cm³/mol. The predicted octanol–water partition coefficient (Wildman–Crippen LogP) is 2.09. The average molecular weight is 381 g/mol. The Bertz CT molecular complexity index is 716. The van der Waals surface area contributed by atoms with E-state index in [0.29, 0.717) is 13.1 Å². The zero-order valence-electron chi connectivity index (χ0n) is 14.9. The van der Waals surface area contributed by atoms with Crippen LogP contribution in [0.4, 0.5) is 24.8 Å². The maximum absolute atomic E-state index is 12.8. The van der Waals surface area contributed by atoms with Crippen molar-refractivity contribution < 1.29 is 18.0 Å². The van der Waals surface area contributed by atoms with Crippen LogP contribution in [0, 0.1) is 11.3 Å². The summed E-state index contributed by atoms with van der Waals surface area (Å²) in [7, 11) is 0. The van der Waals surface area contributed by atoms with Crippen molar-refractivity contribution in [3.8, 4) is 0 Å². The number of carbonyl (C=O) groups excluding carboxylic acids is 1. The zero-order chi connectivity index (χ0) is 19.1. The van der Waals surface area contributed by atoms with Gasteiger partial charge in [-0.15, -0.1) is 0 Å². The molecule has 9 heteroatoms. The summed E-state index contributed by atoms with van der Waals surface area (Å²) in [6.07, 6.45) is 3.69. The van der Waals surface area contributed by atoms with Crippen LogP contribution in [0.1, 0.15) is 12.8 Å². The highest BCUT2D eigenvalue weighted by molar-refractivity contribution is 5.65. The Morgan fingerprint density at radius 2 is 1.59 bits per heavy atom. The molecule has 146 valence electrons. The van der Waals surface area contributed by atoms with Crippen LogP contribution >= 0.6 is 0 Å². The average Bonchev–Trinajstić information content (AvgIpc) is 2.57. The molecule has 27 heavy (non-hydrogen) atoms. The summed E-state index contributed by atoms with van der Waals surface area (Å²) in [5.74, 6) is 0.405. The number of hydrogen-bond acceptors (Lipinski definition) is 6. The maximum atomic E-state index is 12.8. The first kappa shape index (κ1) is 18.1. The van der Waals surface area contributed by atoms with Gasteiger partial charge in [-0.25, -0.2) is 9.97 Å². The molecule has 1 spiro atoms. The molecular weight excluding hydrogens is 359 g/mol. The Morgan fingerprint density at radius 1 is 1.00 bits per heavy atom. The Morgan fingerprint density at radius 3 is 2.15 bits per heavy atom. The maximum Gasteiger partial charge on any atom is 0.391 e. The topological polar surface area (TPSA) is 52.6 Å². The molecule has 2 aliphatic heterocycles. The van der Waals surface area contributed by atoms with Crippen molar-refractivity contribution in [3.63, 3.8) is 0 Å². The summed E-state index contributed by atoms with van der Waals surface area (Å²) in [6, 6.07) is 0. The number of halogens is 3. The van der Waals surface area contributed by atoms with E-state index in [4.69, 9.17) is 0 Å². The van der Waals surface area contributed by atoms with E-state index in [1.165, 1.54) is 6.08 Å². The highest BCUT2D eigenvalue weighted by Gasteiger charge is 2.60. The number of rotatable bonds is 4. The van der Waals surface area contributed by atoms with Gasteiger partial charge in [0.05, 0.1) is 5.92 Å². The van der Waals surface area contributed by atoms with E-state index in [-0.39, 0.29) is 18.3 Å². The first-order valence-corrected chi connectivity index (χ1v) is 9.14. The van der Waals surface area contributed by atoms with Gasteiger partial charge < -0.3 is 14.7 Å². The summed E-state index contributed by atoms with van der Waals surface area (Å²) >= 11 is 0. The van der Waals surface area contributed by atoms with E-state index in [9.17, 15) is 18.0 Å². The summed E-state index contributed by atoms with van der Waals surface area (Å²) in [6.45, 7) is 4.30. The molecular formula is C18H22F3N5O. The Balaban J connectivity index is 1.38. The molecule has 3 heterocycles. The molecule has 0 atom stereocenters. The lowest BCUT2D eigenvalue weighted by atomic mass is 9.57. The van der Waals surface area contributed by atoms with Crippen LogP contribution in [-0.2, 0) is 4.79 Å². The van der Waals surface area contributed by atoms with Crippen molar-refractivity contribution in [2.45, 2.75) is 19.0 Å². The van der Waals surface area contributed by atoms with E-state index >= 15 is 0 Å². The van der Waals surface area contributed by atoms with Gasteiger partial charge >= 0.3 is 6.18 Å². The molecule has 1 aromatic rings. The fourth-order valence-electron chi connectivity index (χ4n) is 4.40. The van der Waals surface area contributed by atoms with Gasteiger partial charge in [0.2, 0.25) is 0 Å². The number of allylic oxidation sites excluding steroid dienone is 1.